The quantitative estimate of drug-likeness (QED) is 0.345. The number of amides is 1. The summed E-state index contributed by atoms with van der Waals surface area (Å²) in [6.07, 6.45) is 4.10. The molecule has 2 rings (SSSR count). The molecule has 0 bridgehead atoms. The summed E-state index contributed by atoms with van der Waals surface area (Å²) in [6.45, 7) is 6.71. The number of guanidine groups is 1. The van der Waals surface area contributed by atoms with Crippen LogP contribution in [0.3, 0.4) is 0 Å². The van der Waals surface area contributed by atoms with Gasteiger partial charge in [-0.05, 0) is 31.7 Å². The van der Waals surface area contributed by atoms with Gasteiger partial charge in [-0.1, -0.05) is 13.0 Å². The molecule has 1 aromatic rings. The summed E-state index contributed by atoms with van der Waals surface area (Å²) < 4.78 is 10.5. The van der Waals surface area contributed by atoms with E-state index in [2.05, 4.69) is 22.2 Å². The molecule has 1 aromatic heterocycles. The smallest absolute Gasteiger partial charge is 0.409 e. The Labute approximate surface area is 177 Å². The third-order valence-electron chi connectivity index (χ3n) is 4.06. The molecule has 9 heteroatoms. The van der Waals surface area contributed by atoms with Crippen molar-refractivity contribution in [3.05, 3.63) is 23.9 Å². The molecule has 8 nitrogen and oxygen atoms in total. The van der Waals surface area contributed by atoms with Crippen LogP contribution in [0.15, 0.2) is 23.3 Å². The number of rotatable bonds is 7. The van der Waals surface area contributed by atoms with Crippen LogP contribution in [0.2, 0.25) is 0 Å². The van der Waals surface area contributed by atoms with Gasteiger partial charge in [-0.3, -0.25) is 0 Å². The summed E-state index contributed by atoms with van der Waals surface area (Å²) in [5.41, 5.74) is 6.95. The zero-order chi connectivity index (χ0) is 18.8. The zero-order valence-electron chi connectivity index (χ0n) is 16.0. The first-order valence-corrected chi connectivity index (χ1v) is 9.18. The van der Waals surface area contributed by atoms with Crippen LogP contribution in [-0.2, 0) is 11.3 Å². The van der Waals surface area contributed by atoms with Gasteiger partial charge in [0.1, 0.15) is 0 Å². The number of hydrogen-bond acceptors (Lipinski definition) is 5. The third-order valence-corrected chi connectivity index (χ3v) is 4.06. The number of carbonyl (C=O) groups excluding carboxylic acids is 1. The Bertz CT molecular complexity index is 589. The number of piperidine rings is 1. The molecule has 27 heavy (non-hydrogen) atoms. The maximum Gasteiger partial charge on any atom is 0.409 e. The third kappa shape index (κ3) is 8.19. The van der Waals surface area contributed by atoms with E-state index in [9.17, 15) is 4.79 Å². The molecular formula is C18H30IN5O3. The molecule has 1 saturated heterocycles. The highest BCUT2D eigenvalue weighted by Gasteiger charge is 2.23. The van der Waals surface area contributed by atoms with Crippen molar-refractivity contribution in [3.63, 3.8) is 0 Å². The van der Waals surface area contributed by atoms with Crippen molar-refractivity contribution < 1.29 is 14.3 Å². The average Bonchev–Trinajstić information content (AvgIpc) is 2.66. The van der Waals surface area contributed by atoms with Crippen molar-refractivity contribution in [2.24, 2.45) is 10.7 Å². The largest absolute Gasteiger partial charge is 0.478 e. The van der Waals surface area contributed by atoms with Crippen LogP contribution in [0, 0.1) is 0 Å². The van der Waals surface area contributed by atoms with E-state index in [1.807, 2.05) is 19.1 Å². The standard InChI is InChI=1S/C18H29N5O3.HI/c1-3-11-26-16-6-5-14(12-20-16)13-21-17(19)22-15-7-9-23(10-8-15)18(24)25-4-2;/h5-6,12,15H,3-4,7-11,13H2,1-2H3,(H3,19,21,22);1H. The summed E-state index contributed by atoms with van der Waals surface area (Å²) in [6, 6.07) is 3.99. The van der Waals surface area contributed by atoms with Crippen molar-refractivity contribution in [2.75, 3.05) is 26.3 Å². The monoisotopic (exact) mass is 491 g/mol. The molecule has 0 aliphatic carbocycles. The number of pyridine rings is 1. The Kier molecular flexibility index (Phi) is 10.8. The fourth-order valence-electron chi connectivity index (χ4n) is 2.65. The second-order valence-corrected chi connectivity index (χ2v) is 6.16. The Morgan fingerprint density at radius 1 is 1.37 bits per heavy atom. The van der Waals surface area contributed by atoms with Gasteiger partial charge in [0, 0.05) is 31.4 Å². The topological polar surface area (TPSA) is 102 Å². The second kappa shape index (κ2) is 12.6. The van der Waals surface area contributed by atoms with E-state index in [0.717, 1.165) is 24.8 Å². The van der Waals surface area contributed by atoms with Crippen LogP contribution in [0.4, 0.5) is 4.79 Å². The van der Waals surface area contributed by atoms with Gasteiger partial charge < -0.3 is 25.4 Å². The predicted octanol–water partition coefficient (Wildman–Crippen LogP) is 2.51. The first-order chi connectivity index (χ1) is 12.6. The van der Waals surface area contributed by atoms with Crippen LogP contribution in [-0.4, -0.2) is 54.3 Å². The van der Waals surface area contributed by atoms with Gasteiger partial charge in [0.05, 0.1) is 19.8 Å². The minimum atomic E-state index is -0.244. The van der Waals surface area contributed by atoms with E-state index in [0.29, 0.717) is 44.7 Å². The maximum atomic E-state index is 11.7. The van der Waals surface area contributed by atoms with Gasteiger partial charge in [0.15, 0.2) is 5.96 Å². The summed E-state index contributed by atoms with van der Waals surface area (Å²) in [5, 5.41) is 3.22. The van der Waals surface area contributed by atoms with E-state index >= 15 is 0 Å². The number of ether oxygens (including phenoxy) is 2. The second-order valence-electron chi connectivity index (χ2n) is 6.16. The van der Waals surface area contributed by atoms with E-state index in [4.69, 9.17) is 15.2 Å². The number of nitrogens with one attached hydrogen (secondary N) is 1. The van der Waals surface area contributed by atoms with Crippen LogP contribution < -0.4 is 15.8 Å². The Hall–Kier alpha value is -1.78. The number of aromatic nitrogens is 1. The molecule has 3 N–H and O–H groups in total. The van der Waals surface area contributed by atoms with Crippen LogP contribution >= 0.6 is 24.0 Å². The van der Waals surface area contributed by atoms with Gasteiger partial charge in [0.25, 0.3) is 0 Å². The fourth-order valence-corrected chi connectivity index (χ4v) is 2.65. The minimum absolute atomic E-state index is 0. The number of likely N-dealkylation sites (tertiary alicyclic amines) is 1. The molecule has 0 radical (unpaired) electrons. The summed E-state index contributed by atoms with van der Waals surface area (Å²) in [4.78, 5) is 22.0. The molecule has 0 aromatic carbocycles. The molecule has 0 atom stereocenters. The van der Waals surface area contributed by atoms with Crippen molar-refractivity contribution in [2.45, 2.75) is 45.7 Å². The molecule has 152 valence electrons. The first kappa shape index (κ1) is 23.3. The van der Waals surface area contributed by atoms with Crippen LogP contribution in [0.1, 0.15) is 38.7 Å². The molecule has 1 amide bonds. The fraction of sp³-hybridized carbons (Fsp3) is 0.611. The van der Waals surface area contributed by atoms with Crippen molar-refractivity contribution in [1.29, 1.82) is 0 Å². The molecule has 1 aliphatic rings. The van der Waals surface area contributed by atoms with Gasteiger partial charge in [-0.15, -0.1) is 24.0 Å². The molecule has 0 spiro atoms. The molecular weight excluding hydrogens is 461 g/mol. The van der Waals surface area contributed by atoms with Gasteiger partial charge in [0.2, 0.25) is 5.88 Å². The highest BCUT2D eigenvalue weighted by molar-refractivity contribution is 14.0. The lowest BCUT2D eigenvalue weighted by Gasteiger charge is -2.31. The van der Waals surface area contributed by atoms with Crippen LogP contribution in [0.25, 0.3) is 0 Å². The lowest BCUT2D eigenvalue weighted by molar-refractivity contribution is 0.0963. The van der Waals surface area contributed by atoms with Crippen molar-refractivity contribution in [1.82, 2.24) is 15.2 Å². The normalized spacial score (nSPS) is 15.0. The van der Waals surface area contributed by atoms with Crippen molar-refractivity contribution >= 4 is 36.0 Å². The Morgan fingerprint density at radius 2 is 2.11 bits per heavy atom. The maximum absolute atomic E-state index is 11.7. The number of hydrogen-bond donors (Lipinski definition) is 2. The highest BCUT2D eigenvalue weighted by atomic mass is 127. The number of aliphatic imine (C=N–C) groups is 1. The van der Waals surface area contributed by atoms with Gasteiger partial charge in [-0.25, -0.2) is 14.8 Å². The van der Waals surface area contributed by atoms with Crippen molar-refractivity contribution in [3.8, 4) is 5.88 Å². The van der Waals surface area contributed by atoms with E-state index in [1.54, 1.807) is 11.1 Å². The predicted molar refractivity (Wildman–Crippen MR) is 116 cm³/mol. The number of nitrogens with zero attached hydrogens (tertiary/aromatic N) is 3. The molecule has 0 unspecified atom stereocenters. The summed E-state index contributed by atoms with van der Waals surface area (Å²) in [5.74, 6) is 1.03. The van der Waals surface area contributed by atoms with E-state index < -0.39 is 0 Å². The summed E-state index contributed by atoms with van der Waals surface area (Å²) in [7, 11) is 0. The zero-order valence-corrected chi connectivity index (χ0v) is 18.3. The van der Waals surface area contributed by atoms with Crippen LogP contribution in [0.5, 0.6) is 5.88 Å². The molecule has 2 heterocycles. The summed E-state index contributed by atoms with van der Waals surface area (Å²) >= 11 is 0. The molecule has 1 aliphatic heterocycles. The lowest BCUT2D eigenvalue weighted by atomic mass is 10.1. The Morgan fingerprint density at radius 3 is 2.70 bits per heavy atom. The van der Waals surface area contributed by atoms with Gasteiger partial charge in [-0.2, -0.15) is 0 Å². The average molecular weight is 491 g/mol. The SMILES string of the molecule is CCCOc1ccc(CN=C(N)NC2CCN(C(=O)OCC)CC2)cn1.I. The molecule has 0 saturated carbocycles. The van der Waals surface area contributed by atoms with E-state index in [1.165, 1.54) is 0 Å². The number of halogens is 1. The number of carbonyl (C=O) groups is 1. The first-order valence-electron chi connectivity index (χ1n) is 9.18. The minimum Gasteiger partial charge on any atom is -0.478 e. The van der Waals surface area contributed by atoms with Gasteiger partial charge >= 0.3 is 6.09 Å². The van der Waals surface area contributed by atoms with E-state index in [-0.39, 0.29) is 36.1 Å². The highest BCUT2D eigenvalue weighted by Crippen LogP contribution is 2.12. The Balaban J connectivity index is 0.00000364. The lowest BCUT2D eigenvalue weighted by Crippen LogP contribution is -2.48. The molecule has 1 fully saturated rings. The number of nitrogens with two attached hydrogens (primary N) is 1.